The topological polar surface area (TPSA) is 115 Å². The van der Waals surface area contributed by atoms with E-state index in [1.165, 1.54) is 4.90 Å². The van der Waals surface area contributed by atoms with Gasteiger partial charge in [0.1, 0.15) is 17.7 Å². The molecule has 1 saturated heterocycles. The molecule has 4 rings (SSSR count). The van der Waals surface area contributed by atoms with Crippen molar-refractivity contribution >= 4 is 17.8 Å². The van der Waals surface area contributed by atoms with Crippen molar-refractivity contribution in [2.45, 2.75) is 57.2 Å². The number of urea groups is 1. The number of imide groups is 1. The number of hydrogen-bond acceptors (Lipinski definition) is 5. The summed E-state index contributed by atoms with van der Waals surface area (Å²) in [6.07, 6.45) is 5.45. The molecule has 1 aromatic rings. The maximum Gasteiger partial charge on any atom is 0.325 e. The van der Waals surface area contributed by atoms with Crippen LogP contribution in [0, 0.1) is 5.41 Å². The summed E-state index contributed by atoms with van der Waals surface area (Å²) < 4.78 is 5.84. The van der Waals surface area contributed by atoms with E-state index in [0.717, 1.165) is 25.7 Å². The normalized spacial score (nSPS) is 32.8. The first-order valence-corrected chi connectivity index (χ1v) is 8.97. The monoisotopic (exact) mass is 358 g/mol. The molecule has 1 aromatic heterocycles. The zero-order valence-corrected chi connectivity index (χ0v) is 14.6. The van der Waals surface area contributed by atoms with Gasteiger partial charge in [0.05, 0.1) is 0 Å². The van der Waals surface area contributed by atoms with Gasteiger partial charge in [-0.15, -0.1) is 0 Å². The molecule has 3 N–H and O–H groups in total. The number of primary amides is 1. The van der Waals surface area contributed by atoms with E-state index in [1.807, 2.05) is 6.92 Å². The lowest BCUT2D eigenvalue weighted by molar-refractivity contribution is -0.140. The number of nitrogens with zero attached hydrogens (tertiary/aromatic N) is 2. The molecule has 1 spiro atoms. The Balaban J connectivity index is 1.32. The summed E-state index contributed by atoms with van der Waals surface area (Å²) in [6.45, 7) is 1.89. The van der Waals surface area contributed by atoms with Crippen LogP contribution >= 0.6 is 0 Å². The molecule has 1 aliphatic heterocycles. The zero-order chi connectivity index (χ0) is 18.5. The van der Waals surface area contributed by atoms with Gasteiger partial charge in [0.15, 0.2) is 0 Å². The molecule has 1 atom stereocenters. The molecule has 0 radical (unpaired) electrons. The average molecular weight is 358 g/mol. The highest BCUT2D eigenvalue weighted by Crippen LogP contribution is 2.58. The summed E-state index contributed by atoms with van der Waals surface area (Å²) in [6, 6.07) is 2.57. The first-order chi connectivity index (χ1) is 12.4. The second kappa shape index (κ2) is 5.96. The van der Waals surface area contributed by atoms with Gasteiger partial charge >= 0.3 is 6.03 Å². The number of amides is 4. The van der Waals surface area contributed by atoms with Gasteiger partial charge in [0.25, 0.3) is 11.8 Å². The van der Waals surface area contributed by atoms with E-state index in [-0.39, 0.29) is 47.0 Å². The fraction of sp³-hybridized carbons (Fsp3) is 0.556. The Morgan fingerprint density at radius 2 is 2.12 bits per heavy atom. The quantitative estimate of drug-likeness (QED) is 0.768. The molecular weight excluding hydrogens is 336 g/mol. The Kier molecular flexibility index (Phi) is 3.86. The highest BCUT2D eigenvalue weighted by molar-refractivity contribution is 6.04. The Hall–Kier alpha value is -2.64. The molecule has 4 amide bonds. The van der Waals surface area contributed by atoms with Crippen LogP contribution in [-0.4, -0.2) is 45.9 Å². The van der Waals surface area contributed by atoms with Crippen molar-refractivity contribution < 1.29 is 19.1 Å². The molecule has 2 aliphatic carbocycles. The number of hydrogen-bond donors (Lipinski definition) is 2. The SMILES string of the molecule is CC[C@@H]1NC(=O)N(C2CC3(CC(Oc4ncccc4C(N)=O)C3)C2)C1=O. The molecular formula is C18H22N4O4. The molecule has 0 bridgehead atoms. The smallest absolute Gasteiger partial charge is 0.325 e. The predicted octanol–water partition coefficient (Wildman–Crippen LogP) is 1.20. The van der Waals surface area contributed by atoms with Gasteiger partial charge < -0.3 is 15.8 Å². The van der Waals surface area contributed by atoms with Crippen LogP contribution in [0.4, 0.5) is 4.79 Å². The van der Waals surface area contributed by atoms with E-state index >= 15 is 0 Å². The Morgan fingerprint density at radius 1 is 1.38 bits per heavy atom. The van der Waals surface area contributed by atoms with E-state index in [2.05, 4.69) is 10.3 Å². The van der Waals surface area contributed by atoms with Crippen LogP contribution in [0.25, 0.3) is 0 Å². The van der Waals surface area contributed by atoms with E-state index in [1.54, 1.807) is 18.3 Å². The van der Waals surface area contributed by atoms with Crippen molar-refractivity contribution in [2.24, 2.45) is 11.1 Å². The summed E-state index contributed by atoms with van der Waals surface area (Å²) in [4.78, 5) is 41.2. The van der Waals surface area contributed by atoms with Crippen molar-refractivity contribution in [2.75, 3.05) is 0 Å². The Labute approximate surface area is 151 Å². The van der Waals surface area contributed by atoms with Gasteiger partial charge in [-0.05, 0) is 49.7 Å². The Morgan fingerprint density at radius 3 is 2.73 bits per heavy atom. The number of rotatable bonds is 5. The van der Waals surface area contributed by atoms with Crippen LogP contribution in [0.5, 0.6) is 5.88 Å². The van der Waals surface area contributed by atoms with Crippen molar-refractivity contribution in [1.82, 2.24) is 15.2 Å². The van der Waals surface area contributed by atoms with Gasteiger partial charge in [-0.1, -0.05) is 6.92 Å². The molecule has 0 unspecified atom stereocenters. The zero-order valence-electron chi connectivity index (χ0n) is 14.6. The fourth-order valence-electron chi connectivity index (χ4n) is 4.45. The third-order valence-corrected chi connectivity index (χ3v) is 5.80. The minimum absolute atomic E-state index is 0.0176. The number of carbonyl (C=O) groups is 3. The lowest BCUT2D eigenvalue weighted by Gasteiger charge is -2.58. The lowest BCUT2D eigenvalue weighted by Crippen LogP contribution is -2.60. The molecule has 138 valence electrons. The summed E-state index contributed by atoms with van der Waals surface area (Å²) in [7, 11) is 0. The maximum atomic E-state index is 12.3. The lowest BCUT2D eigenvalue weighted by atomic mass is 9.52. The van der Waals surface area contributed by atoms with E-state index in [9.17, 15) is 14.4 Å². The summed E-state index contributed by atoms with van der Waals surface area (Å²) in [5.74, 6) is -0.394. The summed E-state index contributed by atoms with van der Waals surface area (Å²) >= 11 is 0. The second-order valence-corrected chi connectivity index (χ2v) is 7.55. The van der Waals surface area contributed by atoms with Crippen molar-refractivity contribution in [3.05, 3.63) is 23.9 Å². The van der Waals surface area contributed by atoms with Crippen molar-refractivity contribution in [3.8, 4) is 5.88 Å². The third kappa shape index (κ3) is 2.60. The fourth-order valence-corrected chi connectivity index (χ4v) is 4.45. The number of nitrogens with one attached hydrogen (secondary N) is 1. The molecule has 3 aliphatic rings. The minimum Gasteiger partial charge on any atom is -0.474 e. The molecule has 2 saturated carbocycles. The maximum absolute atomic E-state index is 12.3. The van der Waals surface area contributed by atoms with Gasteiger partial charge in [-0.2, -0.15) is 0 Å². The van der Waals surface area contributed by atoms with Gasteiger partial charge in [-0.3, -0.25) is 14.5 Å². The average Bonchev–Trinajstić information content (AvgIpc) is 2.83. The van der Waals surface area contributed by atoms with E-state index in [0.29, 0.717) is 6.42 Å². The van der Waals surface area contributed by atoms with Crippen LogP contribution in [0.3, 0.4) is 0 Å². The first kappa shape index (κ1) is 16.8. The van der Waals surface area contributed by atoms with Crippen LogP contribution < -0.4 is 15.8 Å². The minimum atomic E-state index is -0.560. The van der Waals surface area contributed by atoms with E-state index in [4.69, 9.17) is 10.5 Å². The highest BCUT2D eigenvalue weighted by Gasteiger charge is 2.58. The van der Waals surface area contributed by atoms with Crippen LogP contribution in [-0.2, 0) is 4.79 Å². The number of nitrogens with two attached hydrogens (primary N) is 1. The molecule has 3 fully saturated rings. The third-order valence-electron chi connectivity index (χ3n) is 5.80. The van der Waals surface area contributed by atoms with Gasteiger partial charge in [0, 0.05) is 12.2 Å². The number of ether oxygens (including phenoxy) is 1. The molecule has 8 heteroatoms. The van der Waals surface area contributed by atoms with Crippen molar-refractivity contribution in [3.63, 3.8) is 0 Å². The van der Waals surface area contributed by atoms with Gasteiger partial charge in [0.2, 0.25) is 5.88 Å². The van der Waals surface area contributed by atoms with Crippen LogP contribution in [0.1, 0.15) is 49.4 Å². The largest absolute Gasteiger partial charge is 0.474 e. The standard InChI is InChI=1S/C18H22N4O4/c1-2-13-16(24)22(17(25)21-13)10-6-18(7-10)8-11(9-18)26-15-12(14(19)23)4-3-5-20-15/h3-5,10-11,13H,2,6-9H2,1H3,(H2,19,23)(H,21,25)/t10?,11?,13-,18?/m0/s1. The molecule has 26 heavy (non-hydrogen) atoms. The van der Waals surface area contributed by atoms with E-state index < -0.39 is 5.91 Å². The molecule has 8 nitrogen and oxygen atoms in total. The second-order valence-electron chi connectivity index (χ2n) is 7.55. The molecule has 2 heterocycles. The molecule has 0 aromatic carbocycles. The predicted molar refractivity (Wildman–Crippen MR) is 91.3 cm³/mol. The van der Waals surface area contributed by atoms with Gasteiger partial charge in [-0.25, -0.2) is 9.78 Å². The highest BCUT2D eigenvalue weighted by atomic mass is 16.5. The van der Waals surface area contributed by atoms with Crippen LogP contribution in [0.2, 0.25) is 0 Å². The first-order valence-electron chi connectivity index (χ1n) is 8.97. The summed E-state index contributed by atoms with van der Waals surface area (Å²) in [5, 5.41) is 2.73. The Bertz CT molecular complexity index is 766. The number of pyridine rings is 1. The number of aromatic nitrogens is 1. The van der Waals surface area contributed by atoms with Crippen LogP contribution in [0.15, 0.2) is 18.3 Å². The number of carbonyl (C=O) groups excluding carboxylic acids is 3. The summed E-state index contributed by atoms with van der Waals surface area (Å²) in [5.41, 5.74) is 5.75. The van der Waals surface area contributed by atoms with Crippen molar-refractivity contribution in [1.29, 1.82) is 0 Å².